The molecular formula is C21H30O4. The van der Waals surface area contributed by atoms with Crippen LogP contribution in [0.4, 0.5) is 0 Å². The summed E-state index contributed by atoms with van der Waals surface area (Å²) in [6, 6.07) is 0. The molecule has 0 aromatic carbocycles. The Morgan fingerprint density at radius 2 is 1.92 bits per heavy atom. The minimum Gasteiger partial charge on any atom is -0.393 e. The first-order valence-electron chi connectivity index (χ1n) is 9.80. The highest BCUT2D eigenvalue weighted by molar-refractivity contribution is 5.91. The second-order valence-corrected chi connectivity index (χ2v) is 9.47. The summed E-state index contributed by atoms with van der Waals surface area (Å²) in [6.07, 6.45) is 5.21. The van der Waals surface area contributed by atoms with Gasteiger partial charge >= 0.3 is 0 Å². The van der Waals surface area contributed by atoms with Gasteiger partial charge in [0.25, 0.3) is 0 Å². The maximum Gasteiger partial charge on any atom is 0.155 e. The number of rotatable bonds is 1. The molecule has 3 fully saturated rings. The van der Waals surface area contributed by atoms with Crippen LogP contribution >= 0.6 is 0 Å². The van der Waals surface area contributed by atoms with Crippen LogP contribution in [0.2, 0.25) is 0 Å². The van der Waals surface area contributed by atoms with E-state index in [0.717, 1.165) is 19.3 Å². The summed E-state index contributed by atoms with van der Waals surface area (Å²) in [5.74, 6) is 0.654. The molecule has 0 heterocycles. The number of aliphatic hydroxyl groups excluding tert-OH is 2. The molecule has 138 valence electrons. The normalized spacial score (nSPS) is 52.0. The number of fused-ring (bicyclic) bond motifs is 5. The van der Waals surface area contributed by atoms with Gasteiger partial charge in [0, 0.05) is 17.8 Å². The second-order valence-electron chi connectivity index (χ2n) is 9.47. The van der Waals surface area contributed by atoms with Crippen LogP contribution in [0.15, 0.2) is 11.6 Å². The minimum absolute atomic E-state index is 0.0221. The molecule has 0 aromatic heterocycles. The van der Waals surface area contributed by atoms with Gasteiger partial charge in [0.05, 0.1) is 12.2 Å². The zero-order valence-corrected chi connectivity index (χ0v) is 15.5. The zero-order chi connectivity index (χ0) is 18.1. The smallest absolute Gasteiger partial charge is 0.155 e. The number of allylic oxidation sites excluding steroid dienone is 1. The fraction of sp³-hybridized carbons (Fsp3) is 0.810. The molecule has 4 aliphatic carbocycles. The van der Waals surface area contributed by atoms with Crippen LogP contribution in [0.1, 0.15) is 59.3 Å². The highest BCUT2D eigenvalue weighted by Gasteiger charge is 2.65. The van der Waals surface area contributed by atoms with Crippen LogP contribution < -0.4 is 0 Å². The first kappa shape index (κ1) is 17.4. The lowest BCUT2D eigenvalue weighted by Gasteiger charge is -2.59. The summed E-state index contributed by atoms with van der Waals surface area (Å²) in [6.45, 7) is 5.87. The highest BCUT2D eigenvalue weighted by atomic mass is 16.3. The predicted molar refractivity (Wildman–Crippen MR) is 93.7 cm³/mol. The molecule has 4 unspecified atom stereocenters. The maximum absolute atomic E-state index is 12.2. The first-order chi connectivity index (χ1) is 11.7. The fourth-order valence-corrected chi connectivity index (χ4v) is 7.20. The van der Waals surface area contributed by atoms with E-state index in [1.54, 1.807) is 6.92 Å². The van der Waals surface area contributed by atoms with Gasteiger partial charge in [-0.05, 0) is 68.3 Å². The molecule has 25 heavy (non-hydrogen) atoms. The molecule has 3 saturated carbocycles. The Balaban J connectivity index is 1.75. The summed E-state index contributed by atoms with van der Waals surface area (Å²) >= 11 is 0. The lowest BCUT2D eigenvalue weighted by atomic mass is 9.45. The molecule has 0 aliphatic heterocycles. The van der Waals surface area contributed by atoms with Gasteiger partial charge in [-0.2, -0.15) is 0 Å². The monoisotopic (exact) mass is 346 g/mol. The van der Waals surface area contributed by atoms with Crippen molar-refractivity contribution < 1.29 is 19.8 Å². The molecule has 4 heteroatoms. The number of hydrogen-bond acceptors (Lipinski definition) is 4. The number of hydrogen-bond donors (Lipinski definition) is 2. The summed E-state index contributed by atoms with van der Waals surface area (Å²) < 4.78 is 0. The number of aliphatic hydroxyl groups is 2. The molecule has 0 radical (unpaired) electrons. The van der Waals surface area contributed by atoms with Crippen molar-refractivity contribution in [1.29, 1.82) is 0 Å². The van der Waals surface area contributed by atoms with Gasteiger partial charge < -0.3 is 10.2 Å². The summed E-state index contributed by atoms with van der Waals surface area (Å²) in [5, 5.41) is 22.0. The van der Waals surface area contributed by atoms with Crippen LogP contribution in [-0.4, -0.2) is 34.0 Å². The van der Waals surface area contributed by atoms with Crippen LogP contribution in [0.5, 0.6) is 0 Å². The van der Waals surface area contributed by atoms with E-state index in [4.69, 9.17) is 0 Å². The summed E-state index contributed by atoms with van der Waals surface area (Å²) in [4.78, 5) is 24.1. The molecule has 4 rings (SSSR count). The highest BCUT2D eigenvalue weighted by Crippen LogP contribution is 2.66. The Morgan fingerprint density at radius 3 is 2.60 bits per heavy atom. The van der Waals surface area contributed by atoms with Gasteiger partial charge in [0.2, 0.25) is 0 Å². The standard InChI is InChI=1S/C21H30O4/c1-11(22)15-9-17(24)19-14-5-4-12-8-13(23)6-7-20(12,2)16(14)10-18(25)21(15,19)3/h8,14-19,24-25H,4-7,9-10H2,1-3H3/t14?,15?,16?,17-,18+,19?,20-,21-/m0/s1. The molecule has 0 bridgehead atoms. The fourth-order valence-electron chi connectivity index (χ4n) is 7.20. The third-order valence-electron chi connectivity index (χ3n) is 8.55. The second kappa shape index (κ2) is 5.50. The van der Waals surface area contributed by atoms with E-state index in [1.165, 1.54) is 5.57 Å². The van der Waals surface area contributed by atoms with Crippen LogP contribution in [0.25, 0.3) is 0 Å². The quantitative estimate of drug-likeness (QED) is 0.765. The van der Waals surface area contributed by atoms with Crippen molar-refractivity contribution in [3.05, 3.63) is 11.6 Å². The Morgan fingerprint density at radius 1 is 1.20 bits per heavy atom. The Hall–Kier alpha value is -1.00. The molecule has 2 N–H and O–H groups in total. The lowest BCUT2D eigenvalue weighted by molar-refractivity contribution is -0.157. The van der Waals surface area contributed by atoms with Crippen LogP contribution in [0.3, 0.4) is 0 Å². The maximum atomic E-state index is 12.2. The average Bonchev–Trinajstić information content (AvgIpc) is 2.82. The van der Waals surface area contributed by atoms with Gasteiger partial charge in [-0.1, -0.05) is 19.4 Å². The van der Waals surface area contributed by atoms with Gasteiger partial charge in [-0.15, -0.1) is 0 Å². The van der Waals surface area contributed by atoms with Crippen molar-refractivity contribution in [2.75, 3.05) is 0 Å². The molecule has 4 nitrogen and oxygen atoms in total. The van der Waals surface area contributed by atoms with E-state index < -0.39 is 17.6 Å². The summed E-state index contributed by atoms with van der Waals surface area (Å²) in [5.41, 5.74) is 0.679. The van der Waals surface area contributed by atoms with E-state index in [0.29, 0.717) is 25.2 Å². The van der Waals surface area contributed by atoms with Crippen molar-refractivity contribution >= 4 is 11.6 Å². The molecule has 8 atom stereocenters. The number of Topliss-reactive ketones (excluding diaryl/α,β-unsaturated/α-hetero) is 1. The Labute approximate surface area is 149 Å². The van der Waals surface area contributed by atoms with E-state index in [1.807, 2.05) is 13.0 Å². The van der Waals surface area contributed by atoms with Crippen LogP contribution in [0, 0.1) is 34.5 Å². The van der Waals surface area contributed by atoms with E-state index in [-0.39, 0.29) is 34.7 Å². The van der Waals surface area contributed by atoms with Gasteiger partial charge in [-0.3, -0.25) is 9.59 Å². The first-order valence-corrected chi connectivity index (χ1v) is 9.80. The van der Waals surface area contributed by atoms with Crippen molar-refractivity contribution in [2.45, 2.75) is 71.5 Å². The van der Waals surface area contributed by atoms with E-state index in [9.17, 15) is 19.8 Å². The minimum atomic E-state index is -0.571. The van der Waals surface area contributed by atoms with Gasteiger partial charge in [-0.25, -0.2) is 0 Å². The molecule has 0 amide bonds. The van der Waals surface area contributed by atoms with E-state index >= 15 is 0 Å². The number of ketones is 2. The van der Waals surface area contributed by atoms with Gasteiger partial charge in [0.15, 0.2) is 5.78 Å². The third-order valence-corrected chi connectivity index (χ3v) is 8.55. The van der Waals surface area contributed by atoms with Crippen molar-refractivity contribution in [3.8, 4) is 0 Å². The van der Waals surface area contributed by atoms with Crippen LogP contribution in [-0.2, 0) is 9.59 Å². The van der Waals surface area contributed by atoms with Crippen molar-refractivity contribution in [1.82, 2.24) is 0 Å². The Bertz CT molecular complexity index is 652. The molecule has 4 aliphatic rings. The summed E-state index contributed by atoms with van der Waals surface area (Å²) in [7, 11) is 0. The van der Waals surface area contributed by atoms with E-state index in [2.05, 4.69) is 6.92 Å². The molecule has 0 spiro atoms. The number of carbonyl (C=O) groups is 2. The number of carbonyl (C=O) groups excluding carboxylic acids is 2. The lowest BCUT2D eigenvalue weighted by Crippen LogP contribution is -2.58. The zero-order valence-electron chi connectivity index (χ0n) is 15.5. The molecule has 0 saturated heterocycles. The topological polar surface area (TPSA) is 74.6 Å². The average molecular weight is 346 g/mol. The Kier molecular flexibility index (Phi) is 3.83. The third kappa shape index (κ3) is 2.19. The predicted octanol–water partition coefficient (Wildman–Crippen LogP) is 2.67. The van der Waals surface area contributed by atoms with Gasteiger partial charge in [0.1, 0.15) is 5.78 Å². The SMILES string of the molecule is CC(=O)C1C[C@H](O)C2C3CCC4=CC(=O)CC[C@]4(C)C3C[C@@H](O)[C@]12C. The molecule has 0 aromatic rings. The van der Waals surface area contributed by atoms with Crippen molar-refractivity contribution in [2.24, 2.45) is 34.5 Å². The molecular weight excluding hydrogens is 316 g/mol. The largest absolute Gasteiger partial charge is 0.393 e. The van der Waals surface area contributed by atoms with Crippen molar-refractivity contribution in [3.63, 3.8) is 0 Å².